The van der Waals surface area contributed by atoms with Gasteiger partial charge in [-0.3, -0.25) is 9.69 Å². The number of carbonyl (C=O) groups excluding carboxylic acids is 1. The summed E-state index contributed by atoms with van der Waals surface area (Å²) in [5, 5.41) is 0. The molecule has 1 aromatic rings. The molecule has 2 rings (SSSR count). The second-order valence-corrected chi connectivity index (χ2v) is 5.52. The van der Waals surface area contributed by atoms with Gasteiger partial charge in [0.2, 0.25) is 5.91 Å². The van der Waals surface area contributed by atoms with Crippen LogP contribution in [0.25, 0.3) is 0 Å². The molecule has 1 aromatic heterocycles. The molecular formula is C14H19BrN2O2. The smallest absolute Gasteiger partial charge is 0.231 e. The maximum absolute atomic E-state index is 12.4. The summed E-state index contributed by atoms with van der Waals surface area (Å²) >= 11 is 3.44. The van der Waals surface area contributed by atoms with Crippen LogP contribution in [-0.4, -0.2) is 30.6 Å². The van der Waals surface area contributed by atoms with Crippen LogP contribution in [0.2, 0.25) is 0 Å². The molecule has 0 saturated carbocycles. The highest BCUT2D eigenvalue weighted by Crippen LogP contribution is 2.31. The van der Waals surface area contributed by atoms with Crippen LogP contribution in [0.15, 0.2) is 16.7 Å². The lowest BCUT2D eigenvalue weighted by atomic mass is 9.91. The fraction of sp³-hybridized carbons (Fsp3) is 0.571. The topological polar surface area (TPSA) is 42.4 Å². The van der Waals surface area contributed by atoms with E-state index in [0.29, 0.717) is 19.8 Å². The van der Waals surface area contributed by atoms with Gasteiger partial charge in [0.1, 0.15) is 5.82 Å². The van der Waals surface area contributed by atoms with E-state index in [-0.39, 0.29) is 11.8 Å². The van der Waals surface area contributed by atoms with Gasteiger partial charge in [0.25, 0.3) is 0 Å². The van der Waals surface area contributed by atoms with Gasteiger partial charge in [-0.2, -0.15) is 0 Å². The number of hydrogen-bond donors (Lipinski definition) is 0. The Balaban J connectivity index is 2.21. The van der Waals surface area contributed by atoms with Crippen molar-refractivity contribution in [2.24, 2.45) is 5.92 Å². The van der Waals surface area contributed by atoms with Gasteiger partial charge in [0.05, 0.1) is 0 Å². The van der Waals surface area contributed by atoms with Gasteiger partial charge in [0.15, 0.2) is 0 Å². The molecule has 1 aliphatic heterocycles. The number of fused-ring (bicyclic) bond motifs is 1. The van der Waals surface area contributed by atoms with Crippen LogP contribution in [-0.2, 0) is 16.0 Å². The number of carbonyl (C=O) groups is 1. The van der Waals surface area contributed by atoms with E-state index in [1.165, 1.54) is 0 Å². The third kappa shape index (κ3) is 3.15. The van der Waals surface area contributed by atoms with Crippen molar-refractivity contribution < 1.29 is 9.53 Å². The van der Waals surface area contributed by atoms with E-state index < -0.39 is 0 Å². The second-order valence-electron chi connectivity index (χ2n) is 4.61. The van der Waals surface area contributed by atoms with Crippen LogP contribution in [0.5, 0.6) is 0 Å². The number of amides is 1. The third-order valence-electron chi connectivity index (χ3n) is 3.38. The number of aromatic nitrogens is 1. The molecule has 1 atom stereocenters. The summed E-state index contributed by atoms with van der Waals surface area (Å²) in [6.45, 7) is 5.95. The number of pyridine rings is 1. The minimum Gasteiger partial charge on any atom is -0.382 e. The van der Waals surface area contributed by atoms with E-state index in [1.807, 2.05) is 13.8 Å². The molecule has 0 fully saturated rings. The van der Waals surface area contributed by atoms with Gasteiger partial charge in [-0.05, 0) is 54.2 Å². The van der Waals surface area contributed by atoms with E-state index in [2.05, 4.69) is 27.0 Å². The molecule has 4 nitrogen and oxygen atoms in total. The summed E-state index contributed by atoms with van der Waals surface area (Å²) in [4.78, 5) is 18.6. The molecule has 0 radical (unpaired) electrons. The predicted molar refractivity (Wildman–Crippen MR) is 78.3 cm³/mol. The molecular weight excluding hydrogens is 308 g/mol. The van der Waals surface area contributed by atoms with Crippen LogP contribution in [0.3, 0.4) is 0 Å². The van der Waals surface area contributed by atoms with Gasteiger partial charge < -0.3 is 4.74 Å². The third-order valence-corrected chi connectivity index (χ3v) is 3.81. The van der Waals surface area contributed by atoms with Crippen LogP contribution >= 0.6 is 15.9 Å². The van der Waals surface area contributed by atoms with Crippen molar-refractivity contribution in [2.45, 2.75) is 26.7 Å². The molecule has 1 amide bonds. The Kier molecular flexibility index (Phi) is 4.93. The molecule has 1 unspecified atom stereocenters. The lowest BCUT2D eigenvalue weighted by Gasteiger charge is -2.32. The summed E-state index contributed by atoms with van der Waals surface area (Å²) in [6, 6.07) is 2.06. The summed E-state index contributed by atoms with van der Waals surface area (Å²) in [5.74, 6) is 0.989. The molecule has 5 heteroatoms. The van der Waals surface area contributed by atoms with E-state index in [0.717, 1.165) is 28.7 Å². The lowest BCUT2D eigenvalue weighted by molar-refractivity contribution is -0.123. The van der Waals surface area contributed by atoms with Crippen molar-refractivity contribution in [1.82, 2.24) is 4.98 Å². The number of nitrogens with zero attached hydrogens (tertiary/aromatic N) is 2. The fourth-order valence-electron chi connectivity index (χ4n) is 2.45. The maximum Gasteiger partial charge on any atom is 0.231 e. The van der Waals surface area contributed by atoms with Gasteiger partial charge >= 0.3 is 0 Å². The first kappa shape index (κ1) is 14.5. The fourth-order valence-corrected chi connectivity index (χ4v) is 2.82. The highest BCUT2D eigenvalue weighted by Gasteiger charge is 2.32. The van der Waals surface area contributed by atoms with Crippen LogP contribution in [0, 0.1) is 5.92 Å². The Bertz CT molecular complexity index is 465. The standard InChI is InChI=1S/C14H19BrN2O2/c1-3-17-13-11(8-12(15)9-16-13)7-10(14(17)18)5-6-19-4-2/h8-10H,3-7H2,1-2H3. The van der Waals surface area contributed by atoms with Crippen molar-refractivity contribution >= 4 is 27.7 Å². The average molecular weight is 327 g/mol. The minimum absolute atomic E-state index is 0.00935. The van der Waals surface area contributed by atoms with Crippen molar-refractivity contribution in [2.75, 3.05) is 24.7 Å². The molecule has 2 heterocycles. The Morgan fingerprint density at radius 3 is 3.00 bits per heavy atom. The number of hydrogen-bond acceptors (Lipinski definition) is 3. The first-order valence-electron chi connectivity index (χ1n) is 6.70. The Hall–Kier alpha value is -0.940. The van der Waals surface area contributed by atoms with Crippen LogP contribution in [0.4, 0.5) is 5.82 Å². The van der Waals surface area contributed by atoms with E-state index in [1.54, 1.807) is 11.1 Å². The molecule has 19 heavy (non-hydrogen) atoms. The quantitative estimate of drug-likeness (QED) is 0.781. The first-order chi connectivity index (χ1) is 9.17. The van der Waals surface area contributed by atoms with Gasteiger partial charge in [-0.15, -0.1) is 0 Å². The normalized spacial score (nSPS) is 18.6. The van der Waals surface area contributed by atoms with Gasteiger partial charge in [0, 0.05) is 36.3 Å². The monoisotopic (exact) mass is 326 g/mol. The molecule has 0 aromatic carbocycles. The van der Waals surface area contributed by atoms with Gasteiger partial charge in [-0.1, -0.05) is 0 Å². The molecule has 0 aliphatic carbocycles. The molecule has 0 N–H and O–H groups in total. The number of ether oxygens (including phenoxy) is 1. The molecule has 104 valence electrons. The number of rotatable bonds is 5. The zero-order chi connectivity index (χ0) is 13.8. The Labute approximate surface area is 122 Å². The van der Waals surface area contributed by atoms with E-state index in [9.17, 15) is 4.79 Å². The van der Waals surface area contributed by atoms with Crippen molar-refractivity contribution in [1.29, 1.82) is 0 Å². The number of halogens is 1. The highest BCUT2D eigenvalue weighted by molar-refractivity contribution is 9.10. The largest absolute Gasteiger partial charge is 0.382 e. The Morgan fingerprint density at radius 2 is 2.32 bits per heavy atom. The second kappa shape index (κ2) is 6.48. The number of anilines is 1. The zero-order valence-corrected chi connectivity index (χ0v) is 12.9. The lowest BCUT2D eigenvalue weighted by Crippen LogP contribution is -2.42. The highest BCUT2D eigenvalue weighted by atomic mass is 79.9. The van der Waals surface area contributed by atoms with Crippen molar-refractivity contribution in [3.05, 3.63) is 22.3 Å². The summed E-state index contributed by atoms with van der Waals surface area (Å²) < 4.78 is 6.33. The minimum atomic E-state index is 0.00935. The summed E-state index contributed by atoms with van der Waals surface area (Å²) in [6.07, 6.45) is 3.27. The average Bonchev–Trinajstić information content (AvgIpc) is 2.40. The molecule has 0 saturated heterocycles. The van der Waals surface area contributed by atoms with Crippen LogP contribution < -0.4 is 4.90 Å². The van der Waals surface area contributed by atoms with Crippen molar-refractivity contribution in [3.8, 4) is 0 Å². The maximum atomic E-state index is 12.4. The molecule has 0 spiro atoms. The van der Waals surface area contributed by atoms with Gasteiger partial charge in [-0.25, -0.2) is 4.98 Å². The molecule has 1 aliphatic rings. The van der Waals surface area contributed by atoms with Crippen LogP contribution in [0.1, 0.15) is 25.8 Å². The zero-order valence-electron chi connectivity index (χ0n) is 11.4. The SMILES string of the molecule is CCOCCC1Cc2cc(Br)cnc2N(CC)C1=O. The Morgan fingerprint density at radius 1 is 1.53 bits per heavy atom. The van der Waals surface area contributed by atoms with E-state index in [4.69, 9.17) is 4.74 Å². The summed E-state index contributed by atoms with van der Waals surface area (Å²) in [7, 11) is 0. The van der Waals surface area contributed by atoms with E-state index >= 15 is 0 Å². The molecule has 0 bridgehead atoms. The first-order valence-corrected chi connectivity index (χ1v) is 7.50. The predicted octanol–water partition coefficient (Wildman–Crippen LogP) is 2.80. The van der Waals surface area contributed by atoms with Crippen molar-refractivity contribution in [3.63, 3.8) is 0 Å². The summed E-state index contributed by atoms with van der Waals surface area (Å²) in [5.41, 5.74) is 1.14.